The van der Waals surface area contributed by atoms with Gasteiger partial charge in [-0.3, -0.25) is 0 Å². The van der Waals surface area contributed by atoms with Gasteiger partial charge >= 0.3 is 0 Å². The Morgan fingerprint density at radius 3 is 2.64 bits per heavy atom. The van der Waals surface area contributed by atoms with Crippen molar-refractivity contribution in [3.8, 4) is 0 Å². The zero-order chi connectivity index (χ0) is 8.01. The maximum atomic E-state index is 9.65. The molecule has 2 nitrogen and oxygen atoms in total. The predicted molar refractivity (Wildman–Crippen MR) is 42.5 cm³/mol. The van der Waals surface area contributed by atoms with Crippen LogP contribution in [0.1, 0.15) is 12.8 Å². The Balaban J connectivity index is 2.13. The first-order valence-electron chi connectivity index (χ1n) is 4.16. The van der Waals surface area contributed by atoms with Gasteiger partial charge in [0.25, 0.3) is 0 Å². The summed E-state index contributed by atoms with van der Waals surface area (Å²) in [7, 11) is 5.35. The Labute approximate surface area is 70.4 Å². The molecule has 2 rings (SSSR count). The van der Waals surface area contributed by atoms with Crippen LogP contribution in [-0.4, -0.2) is 34.7 Å². The van der Waals surface area contributed by atoms with Gasteiger partial charge in [0, 0.05) is 17.4 Å². The van der Waals surface area contributed by atoms with Crippen molar-refractivity contribution in [3.05, 3.63) is 0 Å². The SMILES string of the molecule is COC1C(O)C2CC([Si])C1C2. The average Bonchev–Trinajstić information content (AvgIpc) is 2.45. The number of methoxy groups -OCH3 is 1. The molecule has 0 aromatic heterocycles. The third-order valence-corrected chi connectivity index (χ3v) is 3.83. The molecule has 3 radical (unpaired) electrons. The number of fused-ring (bicyclic) bond motifs is 2. The summed E-state index contributed by atoms with van der Waals surface area (Å²) < 4.78 is 5.25. The summed E-state index contributed by atoms with van der Waals surface area (Å²) in [5.41, 5.74) is 0.563. The van der Waals surface area contributed by atoms with Crippen LogP contribution in [-0.2, 0) is 4.74 Å². The molecule has 2 fully saturated rings. The number of hydrogen-bond donors (Lipinski definition) is 1. The highest BCUT2D eigenvalue weighted by atomic mass is 28.1. The highest BCUT2D eigenvalue weighted by Gasteiger charge is 2.50. The number of rotatable bonds is 1. The summed E-state index contributed by atoms with van der Waals surface area (Å²) in [5.74, 6) is 1.02. The Kier molecular flexibility index (Phi) is 1.82. The lowest BCUT2D eigenvalue weighted by atomic mass is 9.94. The Morgan fingerprint density at radius 2 is 2.18 bits per heavy atom. The number of hydrogen-bond acceptors (Lipinski definition) is 2. The monoisotopic (exact) mass is 169 g/mol. The quantitative estimate of drug-likeness (QED) is 0.574. The Hall–Kier alpha value is 0.137. The molecule has 0 aromatic rings. The van der Waals surface area contributed by atoms with Crippen molar-refractivity contribution >= 4 is 10.2 Å². The lowest BCUT2D eigenvalue weighted by molar-refractivity contribution is -0.0422. The van der Waals surface area contributed by atoms with Crippen molar-refractivity contribution < 1.29 is 9.84 Å². The summed E-state index contributed by atoms with van der Waals surface area (Å²) >= 11 is 0. The molecule has 61 valence electrons. The predicted octanol–water partition coefficient (Wildman–Crippen LogP) is 0.359. The smallest absolute Gasteiger partial charge is 0.0860 e. The molecule has 2 saturated carbocycles. The molecular weight excluding hydrogens is 156 g/mol. The van der Waals surface area contributed by atoms with E-state index in [0.29, 0.717) is 17.4 Å². The highest BCUT2D eigenvalue weighted by Crippen LogP contribution is 2.51. The molecule has 0 aromatic carbocycles. The average molecular weight is 169 g/mol. The van der Waals surface area contributed by atoms with Crippen LogP contribution in [0.4, 0.5) is 0 Å². The number of aliphatic hydroxyl groups is 1. The van der Waals surface area contributed by atoms with Crippen LogP contribution in [0.15, 0.2) is 0 Å². The van der Waals surface area contributed by atoms with E-state index in [4.69, 9.17) is 4.74 Å². The van der Waals surface area contributed by atoms with E-state index in [1.54, 1.807) is 7.11 Å². The van der Waals surface area contributed by atoms with Crippen LogP contribution in [0.3, 0.4) is 0 Å². The third kappa shape index (κ3) is 0.982. The molecule has 0 spiro atoms. The fraction of sp³-hybridized carbons (Fsp3) is 1.00. The molecule has 2 aliphatic rings. The van der Waals surface area contributed by atoms with Gasteiger partial charge in [0.05, 0.1) is 12.2 Å². The van der Waals surface area contributed by atoms with E-state index in [-0.39, 0.29) is 12.2 Å². The van der Waals surface area contributed by atoms with E-state index in [2.05, 4.69) is 10.2 Å². The minimum atomic E-state index is -0.211. The van der Waals surface area contributed by atoms with Crippen LogP contribution in [0.25, 0.3) is 0 Å². The van der Waals surface area contributed by atoms with E-state index >= 15 is 0 Å². The van der Waals surface area contributed by atoms with E-state index in [1.807, 2.05) is 0 Å². The molecule has 1 N–H and O–H groups in total. The van der Waals surface area contributed by atoms with Crippen LogP contribution < -0.4 is 0 Å². The fourth-order valence-corrected chi connectivity index (χ4v) is 3.22. The molecule has 2 aliphatic carbocycles. The zero-order valence-corrected chi connectivity index (χ0v) is 7.66. The largest absolute Gasteiger partial charge is 0.390 e. The second-order valence-electron chi connectivity index (χ2n) is 3.69. The highest BCUT2D eigenvalue weighted by molar-refractivity contribution is 6.12. The van der Waals surface area contributed by atoms with Crippen LogP contribution in [0.2, 0.25) is 5.54 Å². The molecule has 0 saturated heterocycles. The lowest BCUT2D eigenvalue weighted by Crippen LogP contribution is -2.36. The van der Waals surface area contributed by atoms with Gasteiger partial charge in [0.1, 0.15) is 0 Å². The molecule has 11 heavy (non-hydrogen) atoms. The van der Waals surface area contributed by atoms with Crippen LogP contribution >= 0.6 is 0 Å². The second kappa shape index (κ2) is 2.57. The number of ether oxygens (including phenoxy) is 1. The molecule has 5 atom stereocenters. The molecule has 3 heteroatoms. The molecular formula is C8H13O2Si. The fourth-order valence-electron chi connectivity index (χ4n) is 2.59. The topological polar surface area (TPSA) is 29.5 Å². The molecule has 0 aliphatic heterocycles. The molecule has 0 amide bonds. The standard InChI is InChI=1S/C8H13O2Si/c1-10-8-5-2-4(7(8)9)3-6(5)11/h4-9H,2-3H2,1H3. The van der Waals surface area contributed by atoms with Crippen molar-refractivity contribution in [3.63, 3.8) is 0 Å². The molecule has 0 heterocycles. The summed E-state index contributed by atoms with van der Waals surface area (Å²) in [4.78, 5) is 0. The first kappa shape index (κ1) is 7.77. The van der Waals surface area contributed by atoms with Gasteiger partial charge in [0.15, 0.2) is 0 Å². The zero-order valence-electron chi connectivity index (χ0n) is 6.66. The van der Waals surface area contributed by atoms with Crippen molar-refractivity contribution in [2.75, 3.05) is 7.11 Å². The minimum absolute atomic E-state index is 0.0799. The van der Waals surface area contributed by atoms with Gasteiger partial charge in [-0.25, -0.2) is 0 Å². The Bertz CT molecular complexity index is 162. The van der Waals surface area contributed by atoms with Gasteiger partial charge < -0.3 is 9.84 Å². The normalized spacial score (nSPS) is 55.4. The maximum absolute atomic E-state index is 9.65. The van der Waals surface area contributed by atoms with E-state index < -0.39 is 0 Å². The van der Waals surface area contributed by atoms with E-state index in [0.717, 1.165) is 12.8 Å². The minimum Gasteiger partial charge on any atom is -0.390 e. The maximum Gasteiger partial charge on any atom is 0.0860 e. The van der Waals surface area contributed by atoms with Crippen molar-refractivity contribution in [2.24, 2.45) is 11.8 Å². The molecule has 5 unspecified atom stereocenters. The second-order valence-corrected chi connectivity index (χ2v) is 4.43. The van der Waals surface area contributed by atoms with Gasteiger partial charge in [-0.15, -0.1) is 0 Å². The first-order chi connectivity index (χ1) is 5.24. The lowest BCUT2D eigenvalue weighted by Gasteiger charge is -2.29. The summed E-state index contributed by atoms with van der Waals surface area (Å²) in [5, 5.41) is 9.65. The van der Waals surface area contributed by atoms with E-state index in [9.17, 15) is 5.11 Å². The van der Waals surface area contributed by atoms with Crippen molar-refractivity contribution in [1.29, 1.82) is 0 Å². The summed E-state index contributed by atoms with van der Waals surface area (Å²) in [6.45, 7) is 0. The summed E-state index contributed by atoms with van der Waals surface area (Å²) in [6, 6.07) is 0. The Morgan fingerprint density at radius 1 is 1.45 bits per heavy atom. The third-order valence-electron chi connectivity index (χ3n) is 3.16. The van der Waals surface area contributed by atoms with Gasteiger partial charge in [-0.05, 0) is 30.2 Å². The first-order valence-corrected chi connectivity index (χ1v) is 4.73. The molecule has 2 bridgehead atoms. The van der Waals surface area contributed by atoms with Gasteiger partial charge in [-0.1, -0.05) is 0 Å². The number of aliphatic hydroxyl groups excluding tert-OH is 1. The van der Waals surface area contributed by atoms with Gasteiger partial charge in [-0.2, -0.15) is 0 Å². The van der Waals surface area contributed by atoms with Crippen molar-refractivity contribution in [1.82, 2.24) is 0 Å². The van der Waals surface area contributed by atoms with Gasteiger partial charge in [0.2, 0.25) is 0 Å². The summed E-state index contributed by atoms with van der Waals surface area (Å²) in [6.07, 6.45) is 2.12. The van der Waals surface area contributed by atoms with Crippen LogP contribution in [0.5, 0.6) is 0 Å². The van der Waals surface area contributed by atoms with Crippen LogP contribution in [0, 0.1) is 11.8 Å². The van der Waals surface area contributed by atoms with Crippen molar-refractivity contribution in [2.45, 2.75) is 30.6 Å². The van der Waals surface area contributed by atoms with E-state index in [1.165, 1.54) is 0 Å².